The van der Waals surface area contributed by atoms with Crippen molar-refractivity contribution in [2.75, 3.05) is 5.32 Å². The lowest BCUT2D eigenvalue weighted by Crippen LogP contribution is -2.35. The molecule has 1 aliphatic carbocycles. The molecule has 0 bridgehead atoms. The Hall–Kier alpha value is -1.55. The Balaban J connectivity index is 2.21. The summed E-state index contributed by atoms with van der Waals surface area (Å²) in [6.45, 7) is 3.83. The molecule has 0 spiro atoms. The minimum absolute atomic E-state index is 0.0215. The van der Waals surface area contributed by atoms with E-state index >= 15 is 0 Å². The maximum atomic E-state index is 11.8. The van der Waals surface area contributed by atoms with Gasteiger partial charge in [-0.1, -0.05) is 25.4 Å². The Kier molecular flexibility index (Phi) is 3.54. The molecule has 0 aromatic heterocycles. The topological polar surface area (TPSA) is 66.4 Å². The van der Waals surface area contributed by atoms with E-state index in [1.165, 1.54) is 12.1 Å². The summed E-state index contributed by atoms with van der Waals surface area (Å²) in [7, 11) is 0. The number of aromatic carboxylic acids is 1. The van der Waals surface area contributed by atoms with Crippen molar-refractivity contribution < 1.29 is 14.7 Å². The second-order valence-electron chi connectivity index (χ2n) is 5.38. The largest absolute Gasteiger partial charge is 0.478 e. The number of anilines is 1. The standard InChI is InChI=1S/C14H16ClNO3/c1-14(2)11(5-6-12(14)17)16-10-4-3-8(13(18)19)7-9(10)15/h3-4,7,11,16H,5-6H2,1-2H3,(H,18,19). The molecule has 0 aliphatic heterocycles. The highest BCUT2D eigenvalue weighted by Gasteiger charge is 2.42. The number of nitrogens with one attached hydrogen (secondary N) is 1. The minimum Gasteiger partial charge on any atom is -0.478 e. The van der Waals surface area contributed by atoms with Crippen LogP contribution in [0.2, 0.25) is 5.02 Å². The molecule has 1 aromatic rings. The van der Waals surface area contributed by atoms with Gasteiger partial charge >= 0.3 is 5.97 Å². The smallest absolute Gasteiger partial charge is 0.335 e. The van der Waals surface area contributed by atoms with E-state index < -0.39 is 11.4 Å². The number of carbonyl (C=O) groups is 2. The average molecular weight is 282 g/mol. The van der Waals surface area contributed by atoms with Gasteiger partial charge in [-0.25, -0.2) is 4.79 Å². The monoisotopic (exact) mass is 281 g/mol. The van der Waals surface area contributed by atoms with Crippen molar-refractivity contribution >= 4 is 29.0 Å². The van der Waals surface area contributed by atoms with Crippen LogP contribution in [0.5, 0.6) is 0 Å². The Morgan fingerprint density at radius 2 is 2.16 bits per heavy atom. The molecule has 1 unspecified atom stereocenters. The normalized spacial score (nSPS) is 21.4. The lowest BCUT2D eigenvalue weighted by Gasteiger charge is -2.27. The van der Waals surface area contributed by atoms with Crippen LogP contribution in [0.25, 0.3) is 0 Å². The molecular weight excluding hydrogens is 266 g/mol. The SMILES string of the molecule is CC1(C)C(=O)CCC1Nc1ccc(C(=O)O)cc1Cl. The first-order valence-electron chi connectivity index (χ1n) is 6.15. The highest BCUT2D eigenvalue weighted by Crippen LogP contribution is 2.37. The number of ketones is 1. The molecule has 0 heterocycles. The van der Waals surface area contributed by atoms with Crippen LogP contribution >= 0.6 is 11.6 Å². The summed E-state index contributed by atoms with van der Waals surface area (Å²) in [5.74, 6) is -0.770. The van der Waals surface area contributed by atoms with E-state index in [1.54, 1.807) is 6.07 Å². The van der Waals surface area contributed by atoms with Gasteiger partial charge in [0.1, 0.15) is 5.78 Å². The summed E-state index contributed by atoms with van der Waals surface area (Å²) < 4.78 is 0. The minimum atomic E-state index is -1.01. The number of halogens is 1. The van der Waals surface area contributed by atoms with Crippen LogP contribution in [0.15, 0.2) is 18.2 Å². The predicted molar refractivity (Wildman–Crippen MR) is 73.8 cm³/mol. The van der Waals surface area contributed by atoms with Crippen LogP contribution in [0.1, 0.15) is 37.0 Å². The van der Waals surface area contributed by atoms with E-state index in [-0.39, 0.29) is 17.4 Å². The number of carbonyl (C=O) groups excluding carboxylic acids is 1. The third kappa shape index (κ3) is 2.59. The molecule has 102 valence electrons. The van der Waals surface area contributed by atoms with Crippen molar-refractivity contribution in [1.29, 1.82) is 0 Å². The zero-order valence-corrected chi connectivity index (χ0v) is 11.6. The molecule has 0 amide bonds. The van der Waals surface area contributed by atoms with Crippen molar-refractivity contribution in [3.8, 4) is 0 Å². The van der Waals surface area contributed by atoms with E-state index in [0.717, 1.165) is 6.42 Å². The summed E-state index contributed by atoms with van der Waals surface area (Å²) in [5.41, 5.74) is 0.395. The zero-order chi connectivity index (χ0) is 14.2. The molecule has 1 saturated carbocycles. The fourth-order valence-corrected chi connectivity index (χ4v) is 2.59. The molecule has 5 heteroatoms. The Labute approximate surface area is 116 Å². The van der Waals surface area contributed by atoms with Crippen molar-refractivity contribution in [2.45, 2.75) is 32.7 Å². The second kappa shape index (κ2) is 4.85. The van der Waals surface area contributed by atoms with Gasteiger partial charge in [-0.2, -0.15) is 0 Å². The predicted octanol–water partition coefficient (Wildman–Crippen LogP) is 3.21. The van der Waals surface area contributed by atoms with Crippen molar-refractivity contribution in [2.24, 2.45) is 5.41 Å². The summed E-state index contributed by atoms with van der Waals surface area (Å²) in [5, 5.41) is 12.5. The molecule has 2 rings (SSSR count). The zero-order valence-electron chi connectivity index (χ0n) is 10.9. The van der Waals surface area contributed by atoms with Gasteiger partial charge in [0.15, 0.2) is 0 Å². The van der Waals surface area contributed by atoms with Gasteiger partial charge in [0.2, 0.25) is 0 Å². The summed E-state index contributed by atoms with van der Waals surface area (Å²) in [6.07, 6.45) is 1.33. The van der Waals surface area contributed by atoms with Gasteiger partial charge in [0.05, 0.1) is 16.3 Å². The third-order valence-electron chi connectivity index (χ3n) is 3.80. The molecule has 2 N–H and O–H groups in total. The highest BCUT2D eigenvalue weighted by molar-refractivity contribution is 6.33. The number of carboxylic acids is 1. The fourth-order valence-electron chi connectivity index (χ4n) is 2.36. The number of hydrogen-bond acceptors (Lipinski definition) is 3. The van der Waals surface area contributed by atoms with Gasteiger partial charge in [-0.3, -0.25) is 4.79 Å². The van der Waals surface area contributed by atoms with Crippen LogP contribution in [-0.2, 0) is 4.79 Å². The van der Waals surface area contributed by atoms with Crippen molar-refractivity contribution in [3.05, 3.63) is 28.8 Å². The first-order valence-corrected chi connectivity index (χ1v) is 6.53. The summed E-state index contributed by atoms with van der Waals surface area (Å²) in [4.78, 5) is 22.6. The van der Waals surface area contributed by atoms with E-state index in [9.17, 15) is 9.59 Å². The van der Waals surface area contributed by atoms with Gasteiger partial charge in [0.25, 0.3) is 0 Å². The van der Waals surface area contributed by atoms with E-state index in [2.05, 4.69) is 5.32 Å². The molecule has 1 fully saturated rings. The number of hydrogen-bond donors (Lipinski definition) is 2. The number of rotatable bonds is 3. The quantitative estimate of drug-likeness (QED) is 0.893. The van der Waals surface area contributed by atoms with E-state index in [4.69, 9.17) is 16.7 Å². The first-order chi connectivity index (χ1) is 8.82. The first kappa shape index (κ1) is 13.9. The Morgan fingerprint density at radius 1 is 1.47 bits per heavy atom. The maximum Gasteiger partial charge on any atom is 0.335 e. The summed E-state index contributed by atoms with van der Waals surface area (Å²) >= 11 is 6.07. The third-order valence-corrected chi connectivity index (χ3v) is 4.11. The Morgan fingerprint density at radius 3 is 2.63 bits per heavy atom. The van der Waals surface area contributed by atoms with Crippen LogP contribution in [0.4, 0.5) is 5.69 Å². The molecular formula is C14H16ClNO3. The highest BCUT2D eigenvalue weighted by atomic mass is 35.5. The van der Waals surface area contributed by atoms with Crippen LogP contribution in [0.3, 0.4) is 0 Å². The molecule has 1 aromatic carbocycles. The van der Waals surface area contributed by atoms with Crippen LogP contribution in [-0.4, -0.2) is 22.9 Å². The van der Waals surface area contributed by atoms with E-state index in [1.807, 2.05) is 13.8 Å². The Bertz CT molecular complexity index is 539. The van der Waals surface area contributed by atoms with Gasteiger partial charge in [-0.05, 0) is 24.6 Å². The van der Waals surface area contributed by atoms with Gasteiger partial charge < -0.3 is 10.4 Å². The van der Waals surface area contributed by atoms with E-state index in [0.29, 0.717) is 17.1 Å². The second-order valence-corrected chi connectivity index (χ2v) is 5.79. The summed E-state index contributed by atoms with van der Waals surface area (Å²) in [6, 6.07) is 4.58. The molecule has 4 nitrogen and oxygen atoms in total. The number of carboxylic acid groups (broad SMARTS) is 1. The fraction of sp³-hybridized carbons (Fsp3) is 0.429. The molecule has 1 atom stereocenters. The van der Waals surface area contributed by atoms with Crippen molar-refractivity contribution in [1.82, 2.24) is 0 Å². The van der Waals surface area contributed by atoms with Crippen LogP contribution < -0.4 is 5.32 Å². The van der Waals surface area contributed by atoms with Gasteiger partial charge in [-0.15, -0.1) is 0 Å². The molecule has 0 radical (unpaired) electrons. The van der Waals surface area contributed by atoms with Crippen LogP contribution in [0, 0.1) is 5.41 Å². The maximum absolute atomic E-state index is 11.8. The molecule has 1 aliphatic rings. The molecule has 0 saturated heterocycles. The van der Waals surface area contributed by atoms with Crippen molar-refractivity contribution in [3.63, 3.8) is 0 Å². The lowest BCUT2D eigenvalue weighted by molar-refractivity contribution is -0.124. The number of benzene rings is 1. The van der Waals surface area contributed by atoms with Gasteiger partial charge in [0, 0.05) is 17.9 Å². The average Bonchev–Trinajstić information content (AvgIpc) is 2.58. The lowest BCUT2D eigenvalue weighted by atomic mass is 9.86. The number of Topliss-reactive ketones (excluding diaryl/α,β-unsaturated/α-hetero) is 1. The molecule has 19 heavy (non-hydrogen) atoms.